The van der Waals surface area contributed by atoms with Crippen molar-refractivity contribution in [2.75, 3.05) is 4.90 Å². The van der Waals surface area contributed by atoms with Crippen LogP contribution in [0.4, 0.5) is 17.1 Å². The number of anilines is 3. The van der Waals surface area contributed by atoms with Crippen molar-refractivity contribution in [3.63, 3.8) is 0 Å². The van der Waals surface area contributed by atoms with E-state index in [4.69, 9.17) is 4.42 Å². The molecule has 12 aromatic rings. The first-order chi connectivity index (χ1) is 30.8. The molecule has 12 rings (SSSR count). The van der Waals surface area contributed by atoms with E-state index in [0.717, 1.165) is 61.1 Å². The molecule has 0 N–H and O–H groups in total. The summed E-state index contributed by atoms with van der Waals surface area (Å²) in [5.74, 6) is 0. The van der Waals surface area contributed by atoms with Gasteiger partial charge in [0.25, 0.3) is 0 Å². The molecule has 2 heteroatoms. The maximum absolute atomic E-state index is 6.60. The molecule has 1 heterocycles. The fourth-order valence-electron chi connectivity index (χ4n) is 9.64. The Kier molecular flexibility index (Phi) is 8.53. The minimum atomic E-state index is 0.890. The third kappa shape index (κ3) is 5.96. The molecule has 0 amide bonds. The molecule has 62 heavy (non-hydrogen) atoms. The molecular formula is C60H39NO. The summed E-state index contributed by atoms with van der Waals surface area (Å²) in [6, 6.07) is 85.4. The molecule has 0 bridgehead atoms. The van der Waals surface area contributed by atoms with Gasteiger partial charge in [-0.15, -0.1) is 0 Å². The Morgan fingerprint density at radius 1 is 0.290 bits per heavy atom. The maximum Gasteiger partial charge on any atom is 0.143 e. The number of benzene rings is 11. The molecule has 0 unspecified atom stereocenters. The van der Waals surface area contributed by atoms with Crippen LogP contribution < -0.4 is 4.90 Å². The largest absolute Gasteiger partial charge is 0.455 e. The van der Waals surface area contributed by atoms with Gasteiger partial charge in [-0.25, -0.2) is 0 Å². The zero-order chi connectivity index (χ0) is 41.0. The lowest BCUT2D eigenvalue weighted by Crippen LogP contribution is -2.10. The van der Waals surface area contributed by atoms with Crippen LogP contribution in [0.15, 0.2) is 241 Å². The minimum Gasteiger partial charge on any atom is -0.455 e. The predicted octanol–water partition coefficient (Wildman–Crippen LogP) is 17.2. The highest BCUT2D eigenvalue weighted by molar-refractivity contribution is 6.22. The summed E-state index contributed by atoms with van der Waals surface area (Å²) >= 11 is 0. The van der Waals surface area contributed by atoms with Crippen LogP contribution >= 0.6 is 0 Å². The van der Waals surface area contributed by atoms with Gasteiger partial charge < -0.3 is 9.32 Å². The Balaban J connectivity index is 1.02. The number of furan rings is 1. The van der Waals surface area contributed by atoms with E-state index in [1.165, 1.54) is 54.7 Å². The van der Waals surface area contributed by atoms with E-state index in [2.05, 4.69) is 241 Å². The summed E-state index contributed by atoms with van der Waals surface area (Å²) < 4.78 is 6.60. The number of hydrogen-bond donors (Lipinski definition) is 0. The van der Waals surface area contributed by atoms with Crippen LogP contribution in [0.1, 0.15) is 0 Å². The average Bonchev–Trinajstić information content (AvgIpc) is 3.74. The first-order valence-electron chi connectivity index (χ1n) is 21.3. The van der Waals surface area contributed by atoms with Gasteiger partial charge in [-0.05, 0) is 126 Å². The summed E-state index contributed by atoms with van der Waals surface area (Å²) in [6.45, 7) is 0. The zero-order valence-corrected chi connectivity index (χ0v) is 33.9. The number of fused-ring (bicyclic) bond motifs is 8. The number of nitrogens with zero attached hydrogens (tertiary/aromatic N) is 1. The van der Waals surface area contributed by atoms with Gasteiger partial charge in [0.15, 0.2) is 0 Å². The molecule has 1 aromatic heterocycles. The lowest BCUT2D eigenvalue weighted by Gasteiger charge is -2.26. The van der Waals surface area contributed by atoms with Crippen molar-refractivity contribution in [3.8, 4) is 44.5 Å². The molecule has 11 aromatic carbocycles. The molecule has 0 atom stereocenters. The van der Waals surface area contributed by atoms with Gasteiger partial charge in [0.05, 0.1) is 0 Å². The average molecular weight is 790 g/mol. The predicted molar refractivity (Wildman–Crippen MR) is 263 cm³/mol. The Morgan fingerprint density at radius 3 is 1.55 bits per heavy atom. The molecule has 0 radical (unpaired) electrons. The van der Waals surface area contributed by atoms with Gasteiger partial charge in [0.2, 0.25) is 0 Å². The lowest BCUT2D eigenvalue weighted by atomic mass is 9.84. The van der Waals surface area contributed by atoms with Gasteiger partial charge >= 0.3 is 0 Å². The lowest BCUT2D eigenvalue weighted by molar-refractivity contribution is 0.673. The van der Waals surface area contributed by atoms with Crippen molar-refractivity contribution in [2.24, 2.45) is 0 Å². The van der Waals surface area contributed by atoms with Gasteiger partial charge in [-0.3, -0.25) is 0 Å². The Labute approximate surface area is 360 Å². The molecule has 0 aliphatic carbocycles. The van der Waals surface area contributed by atoms with E-state index in [-0.39, 0.29) is 0 Å². The molecule has 0 spiro atoms. The normalized spacial score (nSPS) is 11.5. The summed E-state index contributed by atoms with van der Waals surface area (Å²) in [4.78, 5) is 2.37. The zero-order valence-electron chi connectivity index (χ0n) is 33.9. The van der Waals surface area contributed by atoms with Crippen LogP contribution in [0, 0.1) is 0 Å². The van der Waals surface area contributed by atoms with E-state index in [1.807, 2.05) is 0 Å². The Morgan fingerprint density at radius 2 is 0.806 bits per heavy atom. The summed E-state index contributed by atoms with van der Waals surface area (Å²) in [5, 5.41) is 9.55. The quantitative estimate of drug-likeness (QED) is 0.150. The Bertz CT molecular complexity index is 3630. The molecule has 0 saturated heterocycles. The highest BCUT2D eigenvalue weighted by Crippen LogP contribution is 2.47. The molecule has 290 valence electrons. The third-order valence-electron chi connectivity index (χ3n) is 12.4. The molecular weight excluding hydrogens is 751 g/mol. The minimum absolute atomic E-state index is 0.890. The first-order valence-corrected chi connectivity index (χ1v) is 21.3. The molecule has 0 fully saturated rings. The van der Waals surface area contributed by atoms with Crippen LogP contribution in [-0.4, -0.2) is 0 Å². The summed E-state index contributed by atoms with van der Waals surface area (Å²) in [6.07, 6.45) is 0. The summed E-state index contributed by atoms with van der Waals surface area (Å²) in [5.41, 5.74) is 14.6. The van der Waals surface area contributed by atoms with E-state index in [9.17, 15) is 0 Å². The second-order valence-corrected chi connectivity index (χ2v) is 16.0. The highest BCUT2D eigenvalue weighted by atomic mass is 16.3. The number of para-hydroxylation sites is 1. The SMILES string of the molecule is c1ccc(-c2c(-c3ccccc3)c3cc(-c4cccc(N(c5ccccc5)c5cccc(-c6cccc7oc8c9ccccc9ccc8c67)c5)c4)ccc3c3ccccc23)cc1. The topological polar surface area (TPSA) is 16.4 Å². The summed E-state index contributed by atoms with van der Waals surface area (Å²) in [7, 11) is 0. The Hall–Kier alpha value is -8.20. The second-order valence-electron chi connectivity index (χ2n) is 16.0. The van der Waals surface area contributed by atoms with E-state index in [1.54, 1.807) is 0 Å². The van der Waals surface area contributed by atoms with Gasteiger partial charge in [-0.1, -0.05) is 182 Å². The van der Waals surface area contributed by atoms with Crippen molar-refractivity contribution in [3.05, 3.63) is 237 Å². The van der Waals surface area contributed by atoms with Crippen molar-refractivity contribution >= 4 is 71.3 Å². The van der Waals surface area contributed by atoms with Crippen LogP contribution in [0.5, 0.6) is 0 Å². The molecule has 0 saturated carbocycles. The fraction of sp³-hybridized carbons (Fsp3) is 0. The van der Waals surface area contributed by atoms with E-state index >= 15 is 0 Å². The molecule has 0 aliphatic heterocycles. The molecule has 2 nitrogen and oxygen atoms in total. The number of hydrogen-bond acceptors (Lipinski definition) is 2. The van der Waals surface area contributed by atoms with E-state index < -0.39 is 0 Å². The van der Waals surface area contributed by atoms with Crippen LogP contribution in [0.2, 0.25) is 0 Å². The fourth-order valence-corrected chi connectivity index (χ4v) is 9.64. The smallest absolute Gasteiger partial charge is 0.143 e. The third-order valence-corrected chi connectivity index (χ3v) is 12.4. The number of rotatable bonds is 7. The standard InChI is InChI=1S/C60H39NO/c1-4-18-41(19-5-1)57-53-30-13-12-29-51(53)52-35-34-44(39-55(52)58(57)42-20-6-2-7-21-42)43-22-14-26-47(37-43)61(46-24-8-3-9-25-46)48-27-15-23-45(38-48)49-31-16-32-56-59(49)54-36-33-40-17-10-11-28-50(40)60(54)62-56/h1-39H. The van der Waals surface area contributed by atoms with Gasteiger partial charge in [-0.2, -0.15) is 0 Å². The van der Waals surface area contributed by atoms with Crippen LogP contribution in [0.3, 0.4) is 0 Å². The van der Waals surface area contributed by atoms with Crippen molar-refractivity contribution in [1.82, 2.24) is 0 Å². The van der Waals surface area contributed by atoms with Gasteiger partial charge in [0, 0.05) is 33.2 Å². The van der Waals surface area contributed by atoms with E-state index in [0.29, 0.717) is 0 Å². The van der Waals surface area contributed by atoms with Gasteiger partial charge in [0.1, 0.15) is 11.2 Å². The maximum atomic E-state index is 6.60. The van der Waals surface area contributed by atoms with Crippen molar-refractivity contribution < 1.29 is 4.42 Å². The van der Waals surface area contributed by atoms with Crippen molar-refractivity contribution in [2.45, 2.75) is 0 Å². The highest BCUT2D eigenvalue weighted by Gasteiger charge is 2.20. The van der Waals surface area contributed by atoms with Crippen LogP contribution in [-0.2, 0) is 0 Å². The second kappa shape index (κ2) is 14.8. The first kappa shape index (κ1) is 35.7. The van der Waals surface area contributed by atoms with Crippen LogP contribution in [0.25, 0.3) is 98.8 Å². The monoisotopic (exact) mass is 789 g/mol. The molecule has 0 aliphatic rings. The van der Waals surface area contributed by atoms with Crippen molar-refractivity contribution in [1.29, 1.82) is 0 Å².